The Hall–Kier alpha value is -0.480. The number of thioether (sulfide) groups is 1. The molecule has 3 nitrogen and oxygen atoms in total. The van der Waals surface area contributed by atoms with Crippen molar-refractivity contribution in [2.75, 3.05) is 12.3 Å². The predicted octanol–water partition coefficient (Wildman–Crippen LogP) is 3.12. The molecule has 0 unspecified atom stereocenters. The number of rotatable bonds is 6. The van der Waals surface area contributed by atoms with Gasteiger partial charge in [-0.25, -0.2) is 0 Å². The van der Waals surface area contributed by atoms with Gasteiger partial charge in [0.15, 0.2) is 0 Å². The standard InChI is InChI=1S/C14H25N3S/c1-4-15-9-13-11(2)16-17(3)14(13)18-10-12-7-5-6-8-12/h12,15H,4-10H2,1-3H3. The van der Waals surface area contributed by atoms with Crippen molar-refractivity contribution in [3.63, 3.8) is 0 Å². The van der Waals surface area contributed by atoms with Gasteiger partial charge in [-0.05, 0) is 32.2 Å². The minimum Gasteiger partial charge on any atom is -0.313 e. The molecule has 1 N–H and O–H groups in total. The van der Waals surface area contributed by atoms with Crippen molar-refractivity contribution < 1.29 is 0 Å². The summed E-state index contributed by atoms with van der Waals surface area (Å²) in [7, 11) is 2.07. The average molecular weight is 267 g/mol. The normalized spacial score (nSPS) is 16.6. The summed E-state index contributed by atoms with van der Waals surface area (Å²) < 4.78 is 2.06. The van der Waals surface area contributed by atoms with Crippen molar-refractivity contribution in [1.29, 1.82) is 0 Å². The summed E-state index contributed by atoms with van der Waals surface area (Å²) in [5.41, 5.74) is 2.56. The molecule has 0 atom stereocenters. The van der Waals surface area contributed by atoms with Crippen LogP contribution in [-0.2, 0) is 13.6 Å². The Bertz CT molecular complexity index is 381. The Morgan fingerprint density at radius 2 is 2.11 bits per heavy atom. The van der Waals surface area contributed by atoms with Gasteiger partial charge in [-0.15, -0.1) is 11.8 Å². The van der Waals surface area contributed by atoms with Crippen LogP contribution in [0.5, 0.6) is 0 Å². The fourth-order valence-corrected chi connectivity index (χ4v) is 4.04. The topological polar surface area (TPSA) is 29.9 Å². The lowest BCUT2D eigenvalue weighted by atomic mass is 10.1. The Morgan fingerprint density at radius 3 is 2.78 bits per heavy atom. The van der Waals surface area contributed by atoms with Gasteiger partial charge in [-0.3, -0.25) is 4.68 Å². The summed E-state index contributed by atoms with van der Waals surface area (Å²) in [6.07, 6.45) is 5.71. The van der Waals surface area contributed by atoms with E-state index in [9.17, 15) is 0 Å². The largest absolute Gasteiger partial charge is 0.313 e. The monoisotopic (exact) mass is 267 g/mol. The van der Waals surface area contributed by atoms with Gasteiger partial charge in [0.1, 0.15) is 0 Å². The Labute approximate surface area is 115 Å². The zero-order valence-corrected chi connectivity index (χ0v) is 12.6. The van der Waals surface area contributed by atoms with Crippen LogP contribution in [0.4, 0.5) is 0 Å². The summed E-state index contributed by atoms with van der Waals surface area (Å²) in [6.45, 7) is 6.23. The summed E-state index contributed by atoms with van der Waals surface area (Å²) in [5.74, 6) is 2.19. The SMILES string of the molecule is CCNCc1c(C)nn(C)c1SCC1CCCC1. The molecule has 1 aromatic rings. The third kappa shape index (κ3) is 3.29. The summed E-state index contributed by atoms with van der Waals surface area (Å²) in [6, 6.07) is 0. The molecule has 1 heterocycles. The van der Waals surface area contributed by atoms with E-state index in [-0.39, 0.29) is 0 Å². The molecule has 0 radical (unpaired) electrons. The van der Waals surface area contributed by atoms with Crippen LogP contribution in [0.2, 0.25) is 0 Å². The molecule has 0 bridgehead atoms. The van der Waals surface area contributed by atoms with Crippen LogP contribution in [0.3, 0.4) is 0 Å². The number of nitrogens with one attached hydrogen (secondary N) is 1. The minimum absolute atomic E-state index is 0.928. The van der Waals surface area contributed by atoms with E-state index in [0.29, 0.717) is 0 Å². The van der Waals surface area contributed by atoms with Crippen molar-refractivity contribution in [1.82, 2.24) is 15.1 Å². The molecule has 1 aromatic heterocycles. The maximum absolute atomic E-state index is 4.56. The van der Waals surface area contributed by atoms with Crippen LogP contribution >= 0.6 is 11.8 Å². The Balaban J connectivity index is 2.00. The summed E-state index contributed by atoms with van der Waals surface area (Å²) in [5, 5.41) is 9.35. The fourth-order valence-electron chi connectivity index (χ4n) is 2.69. The van der Waals surface area contributed by atoms with E-state index in [0.717, 1.165) is 19.0 Å². The molecular weight excluding hydrogens is 242 g/mol. The van der Waals surface area contributed by atoms with Crippen LogP contribution in [-0.4, -0.2) is 22.1 Å². The lowest BCUT2D eigenvalue weighted by Crippen LogP contribution is -2.13. The molecule has 1 fully saturated rings. The predicted molar refractivity (Wildman–Crippen MR) is 78.0 cm³/mol. The van der Waals surface area contributed by atoms with Crippen molar-refractivity contribution >= 4 is 11.8 Å². The van der Waals surface area contributed by atoms with Gasteiger partial charge in [0.05, 0.1) is 10.7 Å². The Morgan fingerprint density at radius 1 is 1.39 bits per heavy atom. The highest BCUT2D eigenvalue weighted by molar-refractivity contribution is 7.99. The molecule has 4 heteroatoms. The zero-order valence-electron chi connectivity index (χ0n) is 11.8. The Kier molecular flexibility index (Phi) is 5.13. The number of aromatic nitrogens is 2. The minimum atomic E-state index is 0.928. The molecule has 102 valence electrons. The van der Waals surface area contributed by atoms with Gasteiger partial charge in [-0.2, -0.15) is 5.10 Å². The lowest BCUT2D eigenvalue weighted by Gasteiger charge is -2.10. The highest BCUT2D eigenvalue weighted by Gasteiger charge is 2.18. The second-order valence-electron chi connectivity index (χ2n) is 5.23. The van der Waals surface area contributed by atoms with E-state index in [1.165, 1.54) is 47.7 Å². The number of hydrogen-bond acceptors (Lipinski definition) is 3. The van der Waals surface area contributed by atoms with E-state index in [4.69, 9.17) is 0 Å². The molecule has 0 aromatic carbocycles. The lowest BCUT2D eigenvalue weighted by molar-refractivity contribution is 0.619. The molecule has 0 saturated heterocycles. The first-order chi connectivity index (χ1) is 8.72. The third-order valence-corrected chi connectivity index (χ3v) is 5.19. The van der Waals surface area contributed by atoms with Crippen LogP contribution in [0, 0.1) is 12.8 Å². The van der Waals surface area contributed by atoms with Crippen molar-refractivity contribution in [3.8, 4) is 0 Å². The van der Waals surface area contributed by atoms with E-state index in [1.54, 1.807) is 0 Å². The van der Waals surface area contributed by atoms with Crippen molar-refractivity contribution in [3.05, 3.63) is 11.3 Å². The van der Waals surface area contributed by atoms with Crippen molar-refractivity contribution in [2.24, 2.45) is 13.0 Å². The molecular formula is C14H25N3S. The van der Waals surface area contributed by atoms with E-state index < -0.39 is 0 Å². The van der Waals surface area contributed by atoms with Gasteiger partial charge < -0.3 is 5.32 Å². The van der Waals surface area contributed by atoms with Gasteiger partial charge >= 0.3 is 0 Å². The maximum atomic E-state index is 4.56. The van der Waals surface area contributed by atoms with Gasteiger partial charge in [0, 0.05) is 24.9 Å². The van der Waals surface area contributed by atoms with Crippen LogP contribution in [0.1, 0.15) is 43.9 Å². The van der Waals surface area contributed by atoms with Crippen LogP contribution < -0.4 is 5.32 Å². The second-order valence-corrected chi connectivity index (χ2v) is 6.24. The summed E-state index contributed by atoms with van der Waals surface area (Å²) >= 11 is 2.00. The van der Waals surface area contributed by atoms with E-state index >= 15 is 0 Å². The second kappa shape index (κ2) is 6.62. The van der Waals surface area contributed by atoms with Crippen LogP contribution in [0.25, 0.3) is 0 Å². The number of hydrogen-bond donors (Lipinski definition) is 1. The first-order valence-corrected chi connectivity index (χ1v) is 8.07. The van der Waals surface area contributed by atoms with E-state index in [1.807, 2.05) is 11.8 Å². The number of nitrogens with zero attached hydrogens (tertiary/aromatic N) is 2. The first kappa shape index (κ1) is 13.9. The highest BCUT2D eigenvalue weighted by Crippen LogP contribution is 2.32. The van der Waals surface area contributed by atoms with E-state index in [2.05, 4.69) is 36.0 Å². The third-order valence-electron chi connectivity index (χ3n) is 3.77. The maximum Gasteiger partial charge on any atom is 0.0984 e. The molecule has 0 aliphatic heterocycles. The van der Waals surface area contributed by atoms with Crippen molar-refractivity contribution in [2.45, 2.75) is 51.1 Å². The smallest absolute Gasteiger partial charge is 0.0984 e. The highest BCUT2D eigenvalue weighted by atomic mass is 32.2. The van der Waals surface area contributed by atoms with Gasteiger partial charge in [-0.1, -0.05) is 19.8 Å². The molecule has 1 aliphatic rings. The average Bonchev–Trinajstić information content (AvgIpc) is 2.93. The molecule has 2 rings (SSSR count). The zero-order chi connectivity index (χ0) is 13.0. The van der Waals surface area contributed by atoms with Gasteiger partial charge in [0.25, 0.3) is 0 Å². The fraction of sp³-hybridized carbons (Fsp3) is 0.786. The molecule has 18 heavy (non-hydrogen) atoms. The van der Waals surface area contributed by atoms with Gasteiger partial charge in [0.2, 0.25) is 0 Å². The first-order valence-electron chi connectivity index (χ1n) is 7.08. The van der Waals surface area contributed by atoms with Crippen LogP contribution in [0.15, 0.2) is 5.03 Å². The quantitative estimate of drug-likeness (QED) is 0.803. The molecule has 0 amide bonds. The molecule has 1 aliphatic carbocycles. The summed E-state index contributed by atoms with van der Waals surface area (Å²) in [4.78, 5) is 0. The number of aryl methyl sites for hydroxylation is 2. The molecule has 0 spiro atoms. The molecule has 1 saturated carbocycles.